The van der Waals surface area contributed by atoms with E-state index in [0.717, 1.165) is 0 Å². The molecule has 0 N–H and O–H groups in total. The molecule has 0 fully saturated rings. The first-order chi connectivity index (χ1) is 6.58. The Morgan fingerprint density at radius 2 is 2.07 bits per heavy atom. The van der Waals surface area contributed by atoms with Gasteiger partial charge in [-0.05, 0) is 13.3 Å². The second-order valence-corrected chi connectivity index (χ2v) is 3.25. The summed E-state index contributed by atoms with van der Waals surface area (Å²) < 4.78 is 0. The van der Waals surface area contributed by atoms with E-state index >= 15 is 0 Å². The van der Waals surface area contributed by atoms with E-state index in [2.05, 4.69) is 0 Å². The van der Waals surface area contributed by atoms with E-state index in [4.69, 9.17) is 10.5 Å². The molecular weight excluding hydrogens is 178 g/mol. The first-order valence-electron chi connectivity index (χ1n) is 4.61. The Morgan fingerprint density at radius 3 is 2.43 bits per heavy atom. The van der Waals surface area contributed by atoms with Gasteiger partial charge in [-0.2, -0.15) is 10.5 Å². The third kappa shape index (κ3) is 3.06. The lowest BCUT2D eigenvalue weighted by Crippen LogP contribution is -2.38. The molecule has 0 saturated carbocycles. The minimum atomic E-state index is -0.582. The molecule has 0 aromatic heterocycles. The van der Waals surface area contributed by atoms with Crippen LogP contribution in [0.25, 0.3) is 0 Å². The highest BCUT2D eigenvalue weighted by atomic mass is 16.2. The van der Waals surface area contributed by atoms with Crippen molar-refractivity contribution in [2.75, 3.05) is 7.05 Å². The summed E-state index contributed by atoms with van der Waals surface area (Å²) >= 11 is 0. The molecule has 0 radical (unpaired) electrons. The highest BCUT2D eigenvalue weighted by molar-refractivity contribution is 5.81. The maximum Gasteiger partial charge on any atom is 0.239 e. The topological polar surface area (TPSA) is 67.9 Å². The molecule has 76 valence electrons. The fraction of sp³-hybridized carbons (Fsp3) is 0.700. The predicted octanol–water partition coefficient (Wildman–Crippen LogP) is 1.30. The van der Waals surface area contributed by atoms with E-state index in [1.165, 1.54) is 4.90 Å². The van der Waals surface area contributed by atoms with Gasteiger partial charge in [0.25, 0.3) is 0 Å². The third-order valence-electron chi connectivity index (χ3n) is 2.26. The average Bonchev–Trinajstić information content (AvgIpc) is 2.18. The summed E-state index contributed by atoms with van der Waals surface area (Å²) in [6, 6.07) is 3.83. The number of carbonyl (C=O) groups excluding carboxylic acids is 1. The molecule has 1 amide bonds. The zero-order chi connectivity index (χ0) is 11.1. The van der Waals surface area contributed by atoms with Gasteiger partial charge in [-0.3, -0.25) is 4.79 Å². The lowest BCUT2D eigenvalue weighted by molar-refractivity contribution is -0.134. The Balaban J connectivity index is 4.40. The molecule has 2 atom stereocenters. The molecule has 0 spiro atoms. The van der Waals surface area contributed by atoms with Crippen molar-refractivity contribution < 1.29 is 4.79 Å². The first kappa shape index (κ1) is 12.4. The summed E-state index contributed by atoms with van der Waals surface area (Å²) in [6.07, 6.45) is 0.809. The lowest BCUT2D eigenvalue weighted by Gasteiger charge is -2.24. The summed E-state index contributed by atoms with van der Waals surface area (Å²) in [5.41, 5.74) is 0. The van der Waals surface area contributed by atoms with Crippen molar-refractivity contribution in [2.45, 2.75) is 32.7 Å². The van der Waals surface area contributed by atoms with Gasteiger partial charge in [0.1, 0.15) is 5.92 Å². The van der Waals surface area contributed by atoms with E-state index in [9.17, 15) is 4.79 Å². The number of nitriles is 2. The molecule has 2 unspecified atom stereocenters. The quantitative estimate of drug-likeness (QED) is 0.675. The molecule has 14 heavy (non-hydrogen) atoms. The second kappa shape index (κ2) is 5.99. The molecule has 0 aliphatic carbocycles. The maximum absolute atomic E-state index is 11.6. The highest BCUT2D eigenvalue weighted by Crippen LogP contribution is 2.09. The van der Waals surface area contributed by atoms with Crippen LogP contribution in [0.5, 0.6) is 0 Å². The summed E-state index contributed by atoms with van der Waals surface area (Å²) in [6.45, 7) is 3.60. The number of carbonyl (C=O) groups is 1. The van der Waals surface area contributed by atoms with Crippen molar-refractivity contribution in [3.05, 3.63) is 0 Å². The van der Waals surface area contributed by atoms with Gasteiger partial charge in [0.05, 0.1) is 18.6 Å². The van der Waals surface area contributed by atoms with Crippen LogP contribution in [0.2, 0.25) is 0 Å². The zero-order valence-electron chi connectivity index (χ0n) is 8.82. The molecule has 0 aromatic rings. The van der Waals surface area contributed by atoms with E-state index < -0.39 is 5.92 Å². The summed E-state index contributed by atoms with van der Waals surface area (Å²) in [5, 5.41) is 17.2. The summed E-state index contributed by atoms with van der Waals surface area (Å²) in [7, 11) is 1.63. The zero-order valence-corrected chi connectivity index (χ0v) is 8.82. The standard InChI is InChI=1S/C10H15N3O/c1-4-9(7-12)10(14)13(3)8(2)5-6-11/h8-9H,4-5H2,1-3H3. The van der Waals surface area contributed by atoms with Crippen molar-refractivity contribution in [1.82, 2.24) is 4.90 Å². The lowest BCUT2D eigenvalue weighted by atomic mass is 10.1. The largest absolute Gasteiger partial charge is 0.341 e. The van der Waals surface area contributed by atoms with Crippen molar-refractivity contribution in [2.24, 2.45) is 5.92 Å². The minimum absolute atomic E-state index is 0.130. The first-order valence-corrected chi connectivity index (χ1v) is 4.61. The van der Waals surface area contributed by atoms with Gasteiger partial charge in [-0.25, -0.2) is 0 Å². The van der Waals surface area contributed by atoms with Crippen molar-refractivity contribution >= 4 is 5.91 Å². The molecule has 0 rings (SSSR count). The number of nitrogens with zero attached hydrogens (tertiary/aromatic N) is 3. The molecule has 0 heterocycles. The van der Waals surface area contributed by atoms with E-state index in [-0.39, 0.29) is 11.9 Å². The number of hydrogen-bond acceptors (Lipinski definition) is 3. The fourth-order valence-corrected chi connectivity index (χ4v) is 1.05. The van der Waals surface area contributed by atoms with Gasteiger partial charge in [0.15, 0.2) is 0 Å². The third-order valence-corrected chi connectivity index (χ3v) is 2.26. The van der Waals surface area contributed by atoms with Gasteiger partial charge in [0.2, 0.25) is 5.91 Å². The molecule has 4 heteroatoms. The maximum atomic E-state index is 11.6. The minimum Gasteiger partial charge on any atom is -0.341 e. The van der Waals surface area contributed by atoms with Gasteiger partial charge in [-0.15, -0.1) is 0 Å². The predicted molar refractivity (Wildman–Crippen MR) is 51.9 cm³/mol. The molecular formula is C10H15N3O. The Bertz CT molecular complexity index is 274. The Morgan fingerprint density at radius 1 is 1.50 bits per heavy atom. The normalized spacial score (nSPS) is 13.5. The molecule has 0 aliphatic heterocycles. The monoisotopic (exact) mass is 193 g/mol. The van der Waals surface area contributed by atoms with Crippen LogP contribution in [0.4, 0.5) is 0 Å². The van der Waals surface area contributed by atoms with Crippen molar-refractivity contribution in [3.8, 4) is 12.1 Å². The van der Waals surface area contributed by atoms with Crippen LogP contribution in [-0.2, 0) is 4.79 Å². The van der Waals surface area contributed by atoms with Crippen LogP contribution in [0, 0.1) is 28.6 Å². The van der Waals surface area contributed by atoms with Crippen LogP contribution < -0.4 is 0 Å². The van der Waals surface area contributed by atoms with E-state index in [1.54, 1.807) is 20.9 Å². The Hall–Kier alpha value is -1.55. The highest BCUT2D eigenvalue weighted by Gasteiger charge is 2.22. The number of amides is 1. The summed E-state index contributed by atoms with van der Waals surface area (Å²) in [4.78, 5) is 13.1. The number of rotatable bonds is 4. The smallest absolute Gasteiger partial charge is 0.239 e. The molecule has 0 aromatic carbocycles. The van der Waals surface area contributed by atoms with Crippen LogP contribution in [0.15, 0.2) is 0 Å². The summed E-state index contributed by atoms with van der Waals surface area (Å²) in [5.74, 6) is -0.779. The van der Waals surface area contributed by atoms with E-state index in [0.29, 0.717) is 12.8 Å². The Kier molecular flexibility index (Phi) is 5.33. The molecule has 4 nitrogen and oxygen atoms in total. The van der Waals surface area contributed by atoms with Crippen LogP contribution in [0.3, 0.4) is 0 Å². The van der Waals surface area contributed by atoms with Crippen LogP contribution in [0.1, 0.15) is 26.7 Å². The van der Waals surface area contributed by atoms with E-state index in [1.807, 2.05) is 12.1 Å². The number of hydrogen-bond donors (Lipinski definition) is 0. The van der Waals surface area contributed by atoms with Crippen LogP contribution >= 0.6 is 0 Å². The van der Waals surface area contributed by atoms with Gasteiger partial charge < -0.3 is 4.90 Å². The SMILES string of the molecule is CCC(C#N)C(=O)N(C)C(C)CC#N. The average molecular weight is 193 g/mol. The molecule has 0 saturated heterocycles. The van der Waals surface area contributed by atoms with Crippen LogP contribution in [-0.4, -0.2) is 23.9 Å². The van der Waals surface area contributed by atoms with Crippen molar-refractivity contribution in [1.29, 1.82) is 10.5 Å². The fourth-order valence-electron chi connectivity index (χ4n) is 1.05. The van der Waals surface area contributed by atoms with Gasteiger partial charge in [0, 0.05) is 13.1 Å². The second-order valence-electron chi connectivity index (χ2n) is 3.25. The van der Waals surface area contributed by atoms with Gasteiger partial charge in [-0.1, -0.05) is 6.92 Å². The molecule has 0 aliphatic rings. The molecule has 0 bridgehead atoms. The Labute approximate surface area is 84.7 Å². The van der Waals surface area contributed by atoms with Crippen molar-refractivity contribution in [3.63, 3.8) is 0 Å². The van der Waals surface area contributed by atoms with Gasteiger partial charge >= 0.3 is 0 Å².